The van der Waals surface area contributed by atoms with Crippen LogP contribution in [0.25, 0.3) is 16.7 Å². The van der Waals surface area contributed by atoms with E-state index in [0.29, 0.717) is 0 Å². The van der Waals surface area contributed by atoms with Crippen LogP contribution in [0.3, 0.4) is 0 Å². The molecule has 0 unspecified atom stereocenters. The normalized spacial score (nSPS) is 20.4. The van der Waals surface area contributed by atoms with Crippen LogP contribution in [0.4, 0.5) is 5.82 Å². The zero-order chi connectivity index (χ0) is 21.2. The van der Waals surface area contributed by atoms with Gasteiger partial charge < -0.3 is 4.90 Å². The van der Waals surface area contributed by atoms with Gasteiger partial charge in [0.15, 0.2) is 5.17 Å². The number of aromatic nitrogens is 2. The van der Waals surface area contributed by atoms with Crippen LogP contribution < -0.4 is 9.30 Å². The number of aromatic amines is 1. The van der Waals surface area contributed by atoms with E-state index in [9.17, 15) is 5.26 Å². The smallest absolute Gasteiger partial charge is 0.250 e. The van der Waals surface area contributed by atoms with E-state index < -0.39 is 0 Å². The summed E-state index contributed by atoms with van der Waals surface area (Å²) < 4.78 is 2.53. The lowest BCUT2D eigenvalue weighted by atomic mass is 10.0. The molecule has 7 heteroatoms. The molecule has 0 amide bonds. The molecule has 2 aliphatic heterocycles. The summed E-state index contributed by atoms with van der Waals surface area (Å²) in [5, 5.41) is 11.2. The summed E-state index contributed by atoms with van der Waals surface area (Å²) in [6.45, 7) is 9.37. The van der Waals surface area contributed by atoms with Crippen molar-refractivity contribution in [2.75, 3.05) is 37.6 Å². The fourth-order valence-electron chi connectivity index (χ4n) is 5.31. The van der Waals surface area contributed by atoms with E-state index in [0.717, 1.165) is 74.2 Å². The number of benzene rings is 1. The Morgan fingerprint density at radius 3 is 2.58 bits per heavy atom. The Balaban J connectivity index is 1.43. The third-order valence-corrected chi connectivity index (χ3v) is 8.04. The SMILES string of the molecule is CC1(C)CN=C(N2CCN(c3c4c(c(C#N)c5[nH]c6ccccc6[n+]35)CCC4)CC2)S1. The molecule has 0 atom stereocenters. The predicted octanol–water partition coefficient (Wildman–Crippen LogP) is 3.27. The number of pyridine rings is 1. The Morgan fingerprint density at radius 2 is 1.84 bits per heavy atom. The van der Waals surface area contributed by atoms with Crippen LogP contribution in [-0.2, 0) is 12.8 Å². The number of nitriles is 1. The second-order valence-electron chi connectivity index (χ2n) is 9.38. The Bertz CT molecular complexity index is 1270. The summed E-state index contributed by atoms with van der Waals surface area (Å²) in [5.41, 5.74) is 6.63. The zero-order valence-corrected chi connectivity index (χ0v) is 18.9. The van der Waals surface area contributed by atoms with Crippen molar-refractivity contribution in [3.63, 3.8) is 0 Å². The number of H-pyrrole nitrogens is 1. The van der Waals surface area contributed by atoms with Crippen molar-refractivity contribution in [1.29, 1.82) is 5.26 Å². The summed E-state index contributed by atoms with van der Waals surface area (Å²) in [4.78, 5) is 13.4. The molecular weight excluding hydrogens is 404 g/mol. The van der Waals surface area contributed by atoms with Gasteiger partial charge in [-0.1, -0.05) is 23.9 Å². The van der Waals surface area contributed by atoms with Gasteiger partial charge in [-0.25, -0.2) is 0 Å². The molecule has 1 aromatic carbocycles. The number of nitrogens with one attached hydrogen (secondary N) is 1. The predicted molar refractivity (Wildman–Crippen MR) is 126 cm³/mol. The Kier molecular flexibility index (Phi) is 4.23. The van der Waals surface area contributed by atoms with Crippen molar-refractivity contribution in [3.05, 3.63) is 41.0 Å². The van der Waals surface area contributed by atoms with E-state index in [2.05, 4.69) is 63.4 Å². The highest BCUT2D eigenvalue weighted by molar-refractivity contribution is 8.15. The summed E-state index contributed by atoms with van der Waals surface area (Å²) in [6.07, 6.45) is 3.18. The molecule has 3 aromatic rings. The van der Waals surface area contributed by atoms with Crippen LogP contribution in [0.5, 0.6) is 0 Å². The molecule has 2 aromatic heterocycles. The van der Waals surface area contributed by atoms with Crippen molar-refractivity contribution >= 4 is 39.4 Å². The van der Waals surface area contributed by atoms with Crippen molar-refractivity contribution in [3.8, 4) is 6.07 Å². The van der Waals surface area contributed by atoms with Gasteiger partial charge in [-0.2, -0.15) is 9.66 Å². The summed E-state index contributed by atoms with van der Waals surface area (Å²) in [6, 6.07) is 10.9. The van der Waals surface area contributed by atoms with Gasteiger partial charge in [0.2, 0.25) is 11.5 Å². The highest BCUT2D eigenvalue weighted by Crippen LogP contribution is 2.36. The molecule has 0 radical (unpaired) electrons. The zero-order valence-electron chi connectivity index (χ0n) is 18.1. The van der Waals surface area contributed by atoms with Crippen molar-refractivity contribution in [2.45, 2.75) is 37.9 Å². The lowest BCUT2D eigenvalue weighted by molar-refractivity contribution is -0.468. The number of anilines is 1. The summed E-state index contributed by atoms with van der Waals surface area (Å²) in [5.74, 6) is 1.29. The van der Waals surface area contributed by atoms with Gasteiger partial charge in [-0.15, -0.1) is 0 Å². The van der Waals surface area contributed by atoms with E-state index >= 15 is 0 Å². The molecule has 0 saturated carbocycles. The average Bonchev–Trinajstić information content (AvgIpc) is 3.49. The maximum Gasteiger partial charge on any atom is 0.250 e. The minimum atomic E-state index is 0.215. The summed E-state index contributed by atoms with van der Waals surface area (Å²) in [7, 11) is 0. The van der Waals surface area contributed by atoms with Gasteiger partial charge in [0.25, 0.3) is 0 Å². The lowest BCUT2D eigenvalue weighted by Gasteiger charge is -2.34. The molecule has 1 fully saturated rings. The van der Waals surface area contributed by atoms with Gasteiger partial charge in [0.05, 0.1) is 32.7 Å². The molecule has 158 valence electrons. The molecule has 31 heavy (non-hydrogen) atoms. The Morgan fingerprint density at radius 1 is 1.10 bits per heavy atom. The highest BCUT2D eigenvalue weighted by Gasteiger charge is 2.36. The molecule has 4 heterocycles. The molecule has 1 aliphatic carbocycles. The van der Waals surface area contributed by atoms with Gasteiger partial charge in [-0.3, -0.25) is 14.9 Å². The first-order chi connectivity index (χ1) is 15.1. The van der Waals surface area contributed by atoms with Gasteiger partial charge in [-0.05, 0) is 50.8 Å². The van der Waals surface area contributed by atoms with Crippen molar-refractivity contribution < 1.29 is 4.40 Å². The molecule has 1 saturated heterocycles. The molecule has 6 nitrogen and oxygen atoms in total. The fourth-order valence-corrected chi connectivity index (χ4v) is 6.38. The maximum absolute atomic E-state index is 10.0. The first kappa shape index (κ1) is 19.0. The van der Waals surface area contributed by atoms with Crippen LogP contribution in [0.2, 0.25) is 0 Å². The van der Waals surface area contributed by atoms with E-state index in [1.54, 1.807) is 0 Å². The number of hydrogen-bond donors (Lipinski definition) is 1. The molecule has 0 spiro atoms. The molecular formula is C24H27N6S+. The number of para-hydroxylation sites is 2. The Labute approximate surface area is 186 Å². The van der Waals surface area contributed by atoms with Gasteiger partial charge >= 0.3 is 0 Å². The number of nitrogens with zero attached hydrogens (tertiary/aromatic N) is 5. The van der Waals surface area contributed by atoms with Gasteiger partial charge in [0, 0.05) is 10.3 Å². The number of piperazine rings is 1. The number of thioether (sulfide) groups is 1. The minimum Gasteiger partial charge on any atom is -0.345 e. The third kappa shape index (κ3) is 2.92. The van der Waals surface area contributed by atoms with Crippen LogP contribution in [0.1, 0.15) is 37.0 Å². The third-order valence-electron chi connectivity index (χ3n) is 6.78. The van der Waals surface area contributed by atoms with E-state index in [-0.39, 0.29) is 4.75 Å². The van der Waals surface area contributed by atoms with Gasteiger partial charge in [0.1, 0.15) is 22.7 Å². The molecule has 6 rings (SSSR count). The molecule has 3 aliphatic rings. The standard InChI is InChI=1S/C24H26N6S/c1-24(2)15-26-23(31-24)29-12-10-28(11-13-29)22-17-7-5-6-16(17)18(14-25)21-27-19-8-3-4-9-20(19)30(21)22/h3-4,8-9H,5-7,10-13,15H2,1-2H3/p+1. The minimum absolute atomic E-state index is 0.215. The first-order valence-corrected chi connectivity index (χ1v) is 12.0. The second kappa shape index (κ2) is 6.89. The quantitative estimate of drug-likeness (QED) is 0.601. The number of hydrogen-bond acceptors (Lipinski definition) is 5. The van der Waals surface area contributed by atoms with Crippen LogP contribution in [0, 0.1) is 11.3 Å². The van der Waals surface area contributed by atoms with Crippen LogP contribution >= 0.6 is 11.8 Å². The second-order valence-corrected chi connectivity index (χ2v) is 11.1. The van der Waals surface area contributed by atoms with E-state index in [4.69, 9.17) is 4.99 Å². The highest BCUT2D eigenvalue weighted by atomic mass is 32.2. The number of fused-ring (bicyclic) bond motifs is 4. The fraction of sp³-hybridized carbons (Fsp3) is 0.458. The summed E-state index contributed by atoms with van der Waals surface area (Å²) >= 11 is 1.91. The number of rotatable bonds is 1. The average molecular weight is 432 g/mol. The number of aliphatic imine (C=N–C) groups is 1. The topological polar surface area (TPSA) is 62.5 Å². The maximum atomic E-state index is 10.0. The van der Waals surface area contributed by atoms with Crippen LogP contribution in [-0.4, -0.2) is 52.5 Å². The van der Waals surface area contributed by atoms with Crippen molar-refractivity contribution in [1.82, 2.24) is 9.88 Å². The van der Waals surface area contributed by atoms with E-state index in [1.165, 1.54) is 22.1 Å². The van der Waals surface area contributed by atoms with E-state index in [1.807, 2.05) is 11.8 Å². The van der Waals surface area contributed by atoms with Crippen LogP contribution in [0.15, 0.2) is 29.3 Å². The molecule has 0 bridgehead atoms. The number of amidine groups is 1. The Hall–Kier alpha value is -2.72. The largest absolute Gasteiger partial charge is 0.345 e. The molecule has 1 N–H and O–H groups in total. The van der Waals surface area contributed by atoms with Crippen molar-refractivity contribution in [2.24, 2.45) is 4.99 Å². The first-order valence-electron chi connectivity index (χ1n) is 11.2. The monoisotopic (exact) mass is 431 g/mol. The lowest BCUT2D eigenvalue weighted by Crippen LogP contribution is -2.51. The number of imidazole rings is 1.